The normalized spacial score (nSPS) is 14.5. The molecule has 24 heavy (non-hydrogen) atoms. The van der Waals surface area contributed by atoms with E-state index in [-0.39, 0.29) is 5.91 Å². The molecule has 0 atom stereocenters. The Morgan fingerprint density at radius 2 is 1.96 bits per heavy atom. The predicted molar refractivity (Wildman–Crippen MR) is 92.8 cm³/mol. The Bertz CT molecular complexity index is 682. The SMILES string of the molecule is NCc1ccc(C(=O)NCc2cccnc2N2CCOCC2)cc1. The minimum absolute atomic E-state index is 0.102. The summed E-state index contributed by atoms with van der Waals surface area (Å²) in [4.78, 5) is 19.0. The van der Waals surface area contributed by atoms with Crippen LogP contribution in [0.4, 0.5) is 5.82 Å². The number of carbonyl (C=O) groups is 1. The van der Waals surface area contributed by atoms with Crippen molar-refractivity contribution in [2.24, 2.45) is 5.73 Å². The fraction of sp³-hybridized carbons (Fsp3) is 0.333. The molecule has 0 spiro atoms. The van der Waals surface area contributed by atoms with Crippen LogP contribution in [0.5, 0.6) is 0 Å². The Kier molecular flexibility index (Phi) is 5.40. The summed E-state index contributed by atoms with van der Waals surface area (Å²) in [5, 5.41) is 2.96. The predicted octanol–water partition coefficient (Wildman–Crippen LogP) is 1.31. The molecule has 0 aliphatic carbocycles. The zero-order valence-corrected chi connectivity index (χ0v) is 13.6. The fourth-order valence-corrected chi connectivity index (χ4v) is 2.70. The number of amides is 1. The van der Waals surface area contributed by atoms with E-state index >= 15 is 0 Å². The topological polar surface area (TPSA) is 80.5 Å². The van der Waals surface area contributed by atoms with Gasteiger partial charge in [0.1, 0.15) is 5.82 Å². The van der Waals surface area contributed by atoms with Crippen LogP contribution in [-0.2, 0) is 17.8 Å². The van der Waals surface area contributed by atoms with Gasteiger partial charge in [0, 0.05) is 43.5 Å². The number of nitrogens with two attached hydrogens (primary N) is 1. The van der Waals surface area contributed by atoms with Gasteiger partial charge < -0.3 is 20.7 Å². The minimum atomic E-state index is -0.102. The van der Waals surface area contributed by atoms with Crippen molar-refractivity contribution < 1.29 is 9.53 Å². The van der Waals surface area contributed by atoms with Gasteiger partial charge >= 0.3 is 0 Å². The number of nitrogens with one attached hydrogen (secondary N) is 1. The van der Waals surface area contributed by atoms with Crippen molar-refractivity contribution in [1.29, 1.82) is 0 Å². The summed E-state index contributed by atoms with van der Waals surface area (Å²) in [6.07, 6.45) is 1.78. The molecule has 1 saturated heterocycles. The lowest BCUT2D eigenvalue weighted by molar-refractivity contribution is 0.0950. The number of anilines is 1. The van der Waals surface area contributed by atoms with Crippen LogP contribution in [0.3, 0.4) is 0 Å². The molecule has 1 aliphatic rings. The number of aromatic nitrogens is 1. The second-order valence-corrected chi connectivity index (χ2v) is 5.67. The van der Waals surface area contributed by atoms with E-state index in [0.29, 0.717) is 31.9 Å². The van der Waals surface area contributed by atoms with E-state index < -0.39 is 0 Å². The van der Waals surface area contributed by atoms with Crippen LogP contribution in [0.25, 0.3) is 0 Å². The molecule has 3 rings (SSSR count). The number of hydrogen-bond donors (Lipinski definition) is 2. The summed E-state index contributed by atoms with van der Waals surface area (Å²) >= 11 is 0. The Hall–Kier alpha value is -2.44. The molecule has 0 bridgehead atoms. The maximum absolute atomic E-state index is 12.3. The van der Waals surface area contributed by atoms with E-state index in [4.69, 9.17) is 10.5 Å². The second-order valence-electron chi connectivity index (χ2n) is 5.67. The monoisotopic (exact) mass is 326 g/mol. The number of hydrogen-bond acceptors (Lipinski definition) is 5. The van der Waals surface area contributed by atoms with Crippen LogP contribution < -0.4 is 16.0 Å². The highest BCUT2D eigenvalue weighted by molar-refractivity contribution is 5.94. The molecular weight excluding hydrogens is 304 g/mol. The van der Waals surface area contributed by atoms with E-state index in [1.165, 1.54) is 0 Å². The third kappa shape index (κ3) is 3.90. The third-order valence-electron chi connectivity index (χ3n) is 4.07. The van der Waals surface area contributed by atoms with Crippen LogP contribution in [0.1, 0.15) is 21.5 Å². The highest BCUT2D eigenvalue weighted by Gasteiger charge is 2.16. The smallest absolute Gasteiger partial charge is 0.251 e. The van der Waals surface area contributed by atoms with Gasteiger partial charge in [0.05, 0.1) is 13.2 Å². The first-order valence-corrected chi connectivity index (χ1v) is 8.11. The van der Waals surface area contributed by atoms with Crippen LogP contribution in [0.15, 0.2) is 42.6 Å². The number of rotatable bonds is 5. The second kappa shape index (κ2) is 7.90. The minimum Gasteiger partial charge on any atom is -0.378 e. The van der Waals surface area contributed by atoms with Crippen LogP contribution in [0, 0.1) is 0 Å². The quantitative estimate of drug-likeness (QED) is 0.866. The van der Waals surface area contributed by atoms with E-state index in [9.17, 15) is 4.79 Å². The highest BCUT2D eigenvalue weighted by atomic mass is 16.5. The summed E-state index contributed by atoms with van der Waals surface area (Å²) in [7, 11) is 0. The molecule has 1 aromatic carbocycles. The van der Waals surface area contributed by atoms with Gasteiger partial charge in [-0.3, -0.25) is 4.79 Å². The lowest BCUT2D eigenvalue weighted by Gasteiger charge is -2.29. The molecule has 2 heterocycles. The van der Waals surface area contributed by atoms with E-state index in [0.717, 1.165) is 30.0 Å². The van der Waals surface area contributed by atoms with Gasteiger partial charge in [0.25, 0.3) is 5.91 Å². The number of morpholine rings is 1. The Labute approximate surface area is 141 Å². The molecule has 1 fully saturated rings. The number of ether oxygens (including phenoxy) is 1. The Morgan fingerprint density at radius 1 is 1.21 bits per heavy atom. The zero-order chi connectivity index (χ0) is 16.8. The molecule has 0 radical (unpaired) electrons. The van der Waals surface area contributed by atoms with E-state index in [1.807, 2.05) is 24.3 Å². The van der Waals surface area contributed by atoms with E-state index in [2.05, 4.69) is 15.2 Å². The maximum atomic E-state index is 12.3. The summed E-state index contributed by atoms with van der Waals surface area (Å²) < 4.78 is 5.39. The molecule has 6 nitrogen and oxygen atoms in total. The number of carbonyl (C=O) groups excluding carboxylic acids is 1. The maximum Gasteiger partial charge on any atom is 0.251 e. The average molecular weight is 326 g/mol. The van der Waals surface area contributed by atoms with Gasteiger partial charge in [0.15, 0.2) is 0 Å². The van der Waals surface area contributed by atoms with Crippen molar-refractivity contribution in [1.82, 2.24) is 10.3 Å². The van der Waals surface area contributed by atoms with Crippen LogP contribution in [0.2, 0.25) is 0 Å². The summed E-state index contributed by atoms with van der Waals surface area (Å²) in [6.45, 7) is 3.96. The van der Waals surface area contributed by atoms with Crippen LogP contribution >= 0.6 is 0 Å². The summed E-state index contributed by atoms with van der Waals surface area (Å²) in [5.41, 5.74) is 8.22. The number of pyridine rings is 1. The number of benzene rings is 1. The molecular formula is C18H22N4O2. The molecule has 0 unspecified atom stereocenters. The molecule has 2 aromatic rings. The van der Waals surface area contributed by atoms with E-state index in [1.54, 1.807) is 18.3 Å². The first-order chi connectivity index (χ1) is 11.8. The number of nitrogens with zero attached hydrogens (tertiary/aromatic N) is 2. The van der Waals surface area contributed by atoms with Crippen molar-refractivity contribution in [2.75, 3.05) is 31.2 Å². The average Bonchev–Trinajstić information content (AvgIpc) is 2.67. The van der Waals surface area contributed by atoms with Gasteiger partial charge in [-0.05, 0) is 23.8 Å². The molecule has 1 aliphatic heterocycles. The van der Waals surface area contributed by atoms with Crippen molar-refractivity contribution in [3.63, 3.8) is 0 Å². The lowest BCUT2D eigenvalue weighted by atomic mass is 10.1. The molecule has 6 heteroatoms. The van der Waals surface area contributed by atoms with Gasteiger partial charge in [-0.15, -0.1) is 0 Å². The van der Waals surface area contributed by atoms with Crippen LogP contribution in [-0.4, -0.2) is 37.2 Å². The molecule has 0 saturated carbocycles. The van der Waals surface area contributed by atoms with Gasteiger partial charge in [-0.25, -0.2) is 4.98 Å². The Balaban J connectivity index is 1.66. The van der Waals surface area contributed by atoms with Crippen molar-refractivity contribution in [3.8, 4) is 0 Å². The third-order valence-corrected chi connectivity index (χ3v) is 4.07. The van der Waals surface area contributed by atoms with Gasteiger partial charge in [-0.2, -0.15) is 0 Å². The molecule has 3 N–H and O–H groups in total. The zero-order valence-electron chi connectivity index (χ0n) is 13.6. The first-order valence-electron chi connectivity index (χ1n) is 8.11. The molecule has 1 amide bonds. The molecule has 126 valence electrons. The fourth-order valence-electron chi connectivity index (χ4n) is 2.70. The lowest BCUT2D eigenvalue weighted by Crippen LogP contribution is -2.37. The standard InChI is InChI=1S/C18H22N4O2/c19-12-14-3-5-15(6-4-14)18(23)21-13-16-2-1-7-20-17(16)22-8-10-24-11-9-22/h1-7H,8-13,19H2,(H,21,23). The summed E-state index contributed by atoms with van der Waals surface area (Å²) in [6, 6.07) is 11.2. The van der Waals surface area contributed by atoms with Crippen molar-refractivity contribution in [2.45, 2.75) is 13.1 Å². The molecule has 1 aromatic heterocycles. The van der Waals surface area contributed by atoms with Crippen molar-refractivity contribution >= 4 is 11.7 Å². The summed E-state index contributed by atoms with van der Waals surface area (Å²) in [5.74, 6) is 0.815. The van der Waals surface area contributed by atoms with Crippen molar-refractivity contribution in [3.05, 3.63) is 59.3 Å². The first kappa shape index (κ1) is 16.4. The highest BCUT2D eigenvalue weighted by Crippen LogP contribution is 2.18. The largest absolute Gasteiger partial charge is 0.378 e. The van der Waals surface area contributed by atoms with Gasteiger partial charge in [0.2, 0.25) is 0 Å². The Morgan fingerprint density at radius 3 is 2.67 bits per heavy atom. The van der Waals surface area contributed by atoms with Gasteiger partial charge in [-0.1, -0.05) is 18.2 Å².